The topological polar surface area (TPSA) is 45.7 Å². The first kappa shape index (κ1) is 13.4. The van der Waals surface area contributed by atoms with Crippen molar-refractivity contribution in [1.82, 2.24) is 9.88 Å². The number of anilines is 1. The van der Waals surface area contributed by atoms with Gasteiger partial charge in [-0.1, -0.05) is 6.07 Å². The number of nitrogens with zero attached hydrogens (tertiary/aromatic N) is 3. The Labute approximate surface area is 119 Å². The summed E-state index contributed by atoms with van der Waals surface area (Å²) in [5, 5.41) is 0. The van der Waals surface area contributed by atoms with Gasteiger partial charge in [-0.2, -0.15) is 0 Å². The molecule has 1 unspecified atom stereocenters. The lowest BCUT2D eigenvalue weighted by molar-refractivity contribution is -0.146. The smallest absolute Gasteiger partial charge is 0.251 e. The van der Waals surface area contributed by atoms with Crippen LogP contribution in [0.2, 0.25) is 0 Å². The van der Waals surface area contributed by atoms with Crippen LogP contribution in [0.1, 0.15) is 19.3 Å². The van der Waals surface area contributed by atoms with Gasteiger partial charge in [-0.05, 0) is 31.4 Å². The molecule has 5 heteroatoms. The molecule has 1 amide bonds. The third-order valence-electron chi connectivity index (χ3n) is 4.02. The number of ether oxygens (including phenoxy) is 1. The number of hydrogen-bond donors (Lipinski definition) is 0. The van der Waals surface area contributed by atoms with Crippen molar-refractivity contribution in [1.29, 1.82) is 0 Å². The molecule has 5 nitrogen and oxygen atoms in total. The van der Waals surface area contributed by atoms with Crippen molar-refractivity contribution in [2.45, 2.75) is 25.4 Å². The van der Waals surface area contributed by atoms with Gasteiger partial charge in [-0.25, -0.2) is 4.98 Å². The second-order valence-electron chi connectivity index (χ2n) is 5.36. The van der Waals surface area contributed by atoms with E-state index in [9.17, 15) is 4.79 Å². The van der Waals surface area contributed by atoms with E-state index >= 15 is 0 Å². The highest BCUT2D eigenvalue weighted by Gasteiger charge is 2.29. The first-order valence-electron chi connectivity index (χ1n) is 7.41. The summed E-state index contributed by atoms with van der Waals surface area (Å²) >= 11 is 0. The van der Waals surface area contributed by atoms with Crippen molar-refractivity contribution in [2.24, 2.45) is 0 Å². The predicted octanol–water partition coefficient (Wildman–Crippen LogP) is 1.30. The van der Waals surface area contributed by atoms with Crippen molar-refractivity contribution in [3.05, 3.63) is 24.4 Å². The minimum atomic E-state index is -0.204. The van der Waals surface area contributed by atoms with Crippen LogP contribution in [0.4, 0.5) is 5.82 Å². The Morgan fingerprint density at radius 3 is 2.70 bits per heavy atom. The van der Waals surface area contributed by atoms with E-state index in [0.29, 0.717) is 0 Å². The van der Waals surface area contributed by atoms with Crippen LogP contribution in [0.5, 0.6) is 0 Å². The van der Waals surface area contributed by atoms with Crippen molar-refractivity contribution in [3.63, 3.8) is 0 Å². The molecule has 1 aromatic rings. The lowest BCUT2D eigenvalue weighted by atomic mass is 10.1. The fourth-order valence-corrected chi connectivity index (χ4v) is 2.84. The fourth-order valence-electron chi connectivity index (χ4n) is 2.84. The van der Waals surface area contributed by atoms with Crippen molar-refractivity contribution in [3.8, 4) is 0 Å². The van der Waals surface area contributed by atoms with E-state index < -0.39 is 0 Å². The van der Waals surface area contributed by atoms with Crippen LogP contribution in [0.3, 0.4) is 0 Å². The summed E-state index contributed by atoms with van der Waals surface area (Å²) in [5.41, 5.74) is 0. The average Bonchev–Trinajstić information content (AvgIpc) is 2.56. The molecule has 2 aliphatic rings. The standard InChI is InChI=1S/C15H21N3O2/c19-15(13-5-2-4-12-20-13)18-10-8-17(9-11-18)14-6-1-3-7-16-14/h1,3,6-7,13H,2,4-5,8-12H2. The second kappa shape index (κ2) is 6.22. The number of hydrogen-bond acceptors (Lipinski definition) is 4. The predicted molar refractivity (Wildman–Crippen MR) is 76.6 cm³/mol. The van der Waals surface area contributed by atoms with Crippen LogP contribution >= 0.6 is 0 Å². The number of aromatic nitrogens is 1. The van der Waals surface area contributed by atoms with Crippen molar-refractivity contribution < 1.29 is 9.53 Å². The highest BCUT2D eigenvalue weighted by Crippen LogP contribution is 2.17. The molecule has 0 saturated carbocycles. The maximum Gasteiger partial charge on any atom is 0.251 e. The molecule has 20 heavy (non-hydrogen) atoms. The zero-order valence-electron chi connectivity index (χ0n) is 11.7. The van der Waals surface area contributed by atoms with Gasteiger partial charge in [0, 0.05) is 39.0 Å². The number of carbonyl (C=O) groups is 1. The molecule has 0 spiro atoms. The fraction of sp³-hybridized carbons (Fsp3) is 0.600. The molecule has 2 aliphatic heterocycles. The Morgan fingerprint density at radius 1 is 1.20 bits per heavy atom. The van der Waals surface area contributed by atoms with Gasteiger partial charge < -0.3 is 14.5 Å². The molecule has 1 aromatic heterocycles. The van der Waals surface area contributed by atoms with E-state index in [4.69, 9.17) is 4.74 Å². The van der Waals surface area contributed by atoms with Gasteiger partial charge in [-0.3, -0.25) is 4.79 Å². The first-order chi connectivity index (χ1) is 9.84. The molecule has 2 saturated heterocycles. The van der Waals surface area contributed by atoms with Gasteiger partial charge in [0.15, 0.2) is 0 Å². The Hall–Kier alpha value is -1.62. The molecular weight excluding hydrogens is 254 g/mol. The zero-order valence-corrected chi connectivity index (χ0v) is 11.7. The Balaban J connectivity index is 1.54. The maximum atomic E-state index is 12.4. The zero-order chi connectivity index (χ0) is 13.8. The third kappa shape index (κ3) is 2.93. The van der Waals surface area contributed by atoms with Crippen molar-refractivity contribution >= 4 is 11.7 Å². The SMILES string of the molecule is O=C(C1CCCCO1)N1CCN(c2ccccn2)CC1. The quantitative estimate of drug-likeness (QED) is 0.816. The number of amides is 1. The van der Waals surface area contributed by atoms with E-state index in [2.05, 4.69) is 9.88 Å². The Morgan fingerprint density at radius 2 is 2.05 bits per heavy atom. The molecule has 3 heterocycles. The van der Waals surface area contributed by atoms with E-state index in [1.807, 2.05) is 29.3 Å². The van der Waals surface area contributed by atoms with Crippen LogP contribution in [0.15, 0.2) is 24.4 Å². The van der Waals surface area contributed by atoms with Gasteiger partial charge in [0.1, 0.15) is 11.9 Å². The van der Waals surface area contributed by atoms with E-state index in [0.717, 1.165) is 57.9 Å². The van der Waals surface area contributed by atoms with Gasteiger partial charge in [0.05, 0.1) is 0 Å². The molecule has 2 fully saturated rings. The van der Waals surface area contributed by atoms with Crippen molar-refractivity contribution in [2.75, 3.05) is 37.7 Å². The summed E-state index contributed by atoms with van der Waals surface area (Å²) in [5.74, 6) is 1.17. The summed E-state index contributed by atoms with van der Waals surface area (Å²) in [6.45, 7) is 3.93. The van der Waals surface area contributed by atoms with Crippen LogP contribution in [0, 0.1) is 0 Å². The van der Waals surface area contributed by atoms with Gasteiger partial charge in [-0.15, -0.1) is 0 Å². The number of carbonyl (C=O) groups excluding carboxylic acids is 1. The summed E-state index contributed by atoms with van der Waals surface area (Å²) in [6, 6.07) is 5.93. The van der Waals surface area contributed by atoms with E-state index in [1.54, 1.807) is 0 Å². The van der Waals surface area contributed by atoms with Gasteiger partial charge in [0.25, 0.3) is 5.91 Å². The number of piperazine rings is 1. The molecule has 1 atom stereocenters. The summed E-state index contributed by atoms with van der Waals surface area (Å²) in [6.07, 6.45) is 4.66. The summed E-state index contributed by atoms with van der Waals surface area (Å²) in [7, 11) is 0. The minimum absolute atomic E-state index is 0.172. The Bertz CT molecular complexity index is 438. The summed E-state index contributed by atoms with van der Waals surface area (Å²) in [4.78, 5) is 20.9. The maximum absolute atomic E-state index is 12.4. The lowest BCUT2D eigenvalue weighted by Crippen LogP contribution is -2.52. The van der Waals surface area contributed by atoms with Crippen LogP contribution < -0.4 is 4.90 Å². The monoisotopic (exact) mass is 275 g/mol. The Kier molecular flexibility index (Phi) is 4.16. The molecule has 3 rings (SSSR count). The number of rotatable bonds is 2. The highest BCUT2D eigenvalue weighted by atomic mass is 16.5. The largest absolute Gasteiger partial charge is 0.368 e. The molecular formula is C15H21N3O2. The molecule has 108 valence electrons. The molecule has 0 bridgehead atoms. The van der Waals surface area contributed by atoms with Crippen LogP contribution in [-0.4, -0.2) is 54.7 Å². The molecule has 0 N–H and O–H groups in total. The highest BCUT2D eigenvalue weighted by molar-refractivity contribution is 5.81. The number of pyridine rings is 1. The normalized spacial score (nSPS) is 23.7. The molecule has 0 radical (unpaired) electrons. The second-order valence-corrected chi connectivity index (χ2v) is 5.36. The van der Waals surface area contributed by atoms with E-state index in [-0.39, 0.29) is 12.0 Å². The molecule has 0 aliphatic carbocycles. The lowest BCUT2D eigenvalue weighted by Gasteiger charge is -2.37. The van der Waals surface area contributed by atoms with Gasteiger partial charge >= 0.3 is 0 Å². The van der Waals surface area contributed by atoms with Crippen LogP contribution in [0.25, 0.3) is 0 Å². The van der Waals surface area contributed by atoms with Crippen LogP contribution in [-0.2, 0) is 9.53 Å². The van der Waals surface area contributed by atoms with Gasteiger partial charge in [0.2, 0.25) is 0 Å². The first-order valence-corrected chi connectivity index (χ1v) is 7.41. The third-order valence-corrected chi connectivity index (χ3v) is 4.02. The molecule has 0 aromatic carbocycles. The van der Waals surface area contributed by atoms with E-state index in [1.165, 1.54) is 0 Å². The average molecular weight is 275 g/mol. The summed E-state index contributed by atoms with van der Waals surface area (Å²) < 4.78 is 5.59. The minimum Gasteiger partial charge on any atom is -0.368 e.